The average Bonchev–Trinajstić information content (AvgIpc) is 2.42. The summed E-state index contributed by atoms with van der Waals surface area (Å²) in [6, 6.07) is -0.0702. The number of hydrogen-bond acceptors (Lipinski definition) is 3. The molecule has 2 fully saturated rings. The van der Waals surface area contributed by atoms with Crippen molar-refractivity contribution in [1.29, 1.82) is 0 Å². The van der Waals surface area contributed by atoms with Gasteiger partial charge in [-0.05, 0) is 33.6 Å². The van der Waals surface area contributed by atoms with Crippen molar-refractivity contribution in [1.82, 2.24) is 10.2 Å². The molecule has 0 radical (unpaired) electrons. The standard InChI is InChI=1S/C13H20F2N2O2/c1-12(2,3)19-11(18)17-9-4-5-13(17,6-10(14)15)8-16-7-9/h6,9,16H,4-5,7-8H2,1-3H3/t9?,13-/m1/s1. The Morgan fingerprint density at radius 3 is 2.74 bits per heavy atom. The molecule has 2 rings (SSSR count). The molecule has 0 aromatic carbocycles. The van der Waals surface area contributed by atoms with Crippen molar-refractivity contribution in [2.75, 3.05) is 13.1 Å². The number of rotatable bonds is 1. The van der Waals surface area contributed by atoms with E-state index >= 15 is 0 Å². The molecule has 0 spiro atoms. The van der Waals surface area contributed by atoms with Gasteiger partial charge in [-0.2, -0.15) is 8.78 Å². The predicted octanol–water partition coefficient (Wildman–Crippen LogP) is 2.51. The number of ether oxygens (including phenoxy) is 1. The molecule has 0 aromatic heterocycles. The van der Waals surface area contributed by atoms with Crippen LogP contribution in [0.4, 0.5) is 13.6 Å². The van der Waals surface area contributed by atoms with Crippen LogP contribution in [0.3, 0.4) is 0 Å². The minimum absolute atomic E-state index is 0.0702. The summed E-state index contributed by atoms with van der Waals surface area (Å²) in [5, 5.41) is 3.11. The lowest BCUT2D eigenvalue weighted by Gasteiger charge is -2.43. The third kappa shape index (κ3) is 2.88. The number of fused-ring (bicyclic) bond motifs is 2. The fourth-order valence-electron chi connectivity index (χ4n) is 2.89. The molecule has 1 unspecified atom stereocenters. The van der Waals surface area contributed by atoms with Crippen LogP contribution in [-0.4, -0.2) is 41.3 Å². The van der Waals surface area contributed by atoms with E-state index in [0.717, 1.165) is 12.5 Å². The van der Waals surface area contributed by atoms with Crippen molar-refractivity contribution in [3.63, 3.8) is 0 Å². The molecule has 2 saturated heterocycles. The Balaban J connectivity index is 2.26. The highest BCUT2D eigenvalue weighted by Gasteiger charge is 2.51. The molecule has 2 bridgehead atoms. The molecule has 1 N–H and O–H groups in total. The van der Waals surface area contributed by atoms with Crippen molar-refractivity contribution in [3.05, 3.63) is 12.2 Å². The molecule has 2 aliphatic rings. The van der Waals surface area contributed by atoms with Crippen molar-refractivity contribution in [2.45, 2.75) is 50.8 Å². The van der Waals surface area contributed by atoms with Gasteiger partial charge in [-0.25, -0.2) is 4.79 Å². The van der Waals surface area contributed by atoms with Crippen molar-refractivity contribution >= 4 is 6.09 Å². The Labute approximate surface area is 111 Å². The van der Waals surface area contributed by atoms with Crippen LogP contribution in [0.15, 0.2) is 12.2 Å². The summed E-state index contributed by atoms with van der Waals surface area (Å²) >= 11 is 0. The maximum Gasteiger partial charge on any atom is 0.411 e. The first-order chi connectivity index (χ1) is 8.73. The molecular weight excluding hydrogens is 254 g/mol. The molecule has 4 nitrogen and oxygen atoms in total. The Morgan fingerprint density at radius 1 is 1.47 bits per heavy atom. The van der Waals surface area contributed by atoms with Crippen molar-refractivity contribution in [3.8, 4) is 0 Å². The average molecular weight is 274 g/mol. The van der Waals surface area contributed by atoms with Gasteiger partial charge in [-0.15, -0.1) is 0 Å². The van der Waals surface area contributed by atoms with Crippen LogP contribution in [-0.2, 0) is 4.74 Å². The maximum atomic E-state index is 12.7. The zero-order valence-electron chi connectivity index (χ0n) is 11.5. The molecule has 2 atom stereocenters. The fourth-order valence-corrected chi connectivity index (χ4v) is 2.89. The van der Waals surface area contributed by atoms with Gasteiger partial charge in [0.1, 0.15) is 5.60 Å². The Hall–Kier alpha value is -1.17. The monoisotopic (exact) mass is 274 g/mol. The van der Waals surface area contributed by atoms with Crippen LogP contribution in [0.1, 0.15) is 33.6 Å². The van der Waals surface area contributed by atoms with E-state index in [2.05, 4.69) is 5.32 Å². The molecular formula is C13H20F2N2O2. The minimum Gasteiger partial charge on any atom is -0.444 e. The summed E-state index contributed by atoms with van der Waals surface area (Å²) in [5.41, 5.74) is -1.56. The lowest BCUT2D eigenvalue weighted by Crippen LogP contribution is -2.62. The molecule has 19 heavy (non-hydrogen) atoms. The summed E-state index contributed by atoms with van der Waals surface area (Å²) in [6.45, 7) is 6.29. The first-order valence-corrected chi connectivity index (χ1v) is 6.50. The van der Waals surface area contributed by atoms with Gasteiger partial charge in [0.05, 0.1) is 5.54 Å². The second kappa shape index (κ2) is 4.74. The highest BCUT2D eigenvalue weighted by atomic mass is 19.3. The number of carbonyl (C=O) groups excluding carboxylic acids is 1. The Bertz CT molecular complexity index is 398. The first kappa shape index (κ1) is 14.2. The number of halogens is 2. The topological polar surface area (TPSA) is 41.6 Å². The second-order valence-corrected chi connectivity index (χ2v) is 6.21. The molecule has 1 amide bonds. The quantitative estimate of drug-likeness (QED) is 0.799. The maximum absolute atomic E-state index is 12.7. The van der Waals surface area contributed by atoms with Gasteiger partial charge in [0, 0.05) is 25.2 Å². The van der Waals surface area contributed by atoms with Crippen molar-refractivity contribution < 1.29 is 18.3 Å². The van der Waals surface area contributed by atoms with Gasteiger partial charge in [0.15, 0.2) is 0 Å². The van der Waals surface area contributed by atoms with E-state index in [1.54, 1.807) is 20.8 Å². The van der Waals surface area contributed by atoms with E-state index in [0.29, 0.717) is 19.5 Å². The van der Waals surface area contributed by atoms with E-state index in [1.165, 1.54) is 4.90 Å². The Morgan fingerprint density at radius 2 is 2.16 bits per heavy atom. The number of amides is 1. The van der Waals surface area contributed by atoms with Crippen LogP contribution >= 0.6 is 0 Å². The summed E-state index contributed by atoms with van der Waals surface area (Å²) in [7, 11) is 0. The van der Waals surface area contributed by atoms with Gasteiger partial charge in [0.25, 0.3) is 6.08 Å². The van der Waals surface area contributed by atoms with Gasteiger partial charge in [0.2, 0.25) is 0 Å². The summed E-state index contributed by atoms with van der Waals surface area (Å²) in [4.78, 5) is 13.8. The van der Waals surface area contributed by atoms with Gasteiger partial charge < -0.3 is 10.1 Å². The zero-order chi connectivity index (χ0) is 14.3. The number of hydrogen-bond donors (Lipinski definition) is 1. The smallest absolute Gasteiger partial charge is 0.411 e. The minimum atomic E-state index is -1.75. The molecule has 2 aliphatic heterocycles. The van der Waals surface area contributed by atoms with Crippen LogP contribution in [0.2, 0.25) is 0 Å². The van der Waals surface area contributed by atoms with Crippen LogP contribution in [0, 0.1) is 0 Å². The summed E-state index contributed by atoms with van der Waals surface area (Å²) in [5.74, 6) is 0. The van der Waals surface area contributed by atoms with Crippen LogP contribution < -0.4 is 5.32 Å². The van der Waals surface area contributed by atoms with E-state index in [9.17, 15) is 13.6 Å². The van der Waals surface area contributed by atoms with E-state index in [4.69, 9.17) is 4.74 Å². The predicted molar refractivity (Wildman–Crippen MR) is 67.0 cm³/mol. The van der Waals surface area contributed by atoms with Gasteiger partial charge >= 0.3 is 6.09 Å². The molecule has 108 valence electrons. The third-order valence-electron chi connectivity index (χ3n) is 3.53. The highest BCUT2D eigenvalue weighted by Crippen LogP contribution is 2.39. The van der Waals surface area contributed by atoms with E-state index in [-0.39, 0.29) is 6.04 Å². The molecule has 0 saturated carbocycles. The normalized spacial score (nSPS) is 30.2. The fraction of sp³-hybridized carbons (Fsp3) is 0.769. The van der Waals surface area contributed by atoms with Crippen LogP contribution in [0.25, 0.3) is 0 Å². The third-order valence-corrected chi connectivity index (χ3v) is 3.53. The van der Waals surface area contributed by atoms with Crippen molar-refractivity contribution in [2.24, 2.45) is 0 Å². The largest absolute Gasteiger partial charge is 0.444 e. The molecule has 0 aromatic rings. The summed E-state index contributed by atoms with van der Waals surface area (Å²) < 4.78 is 30.7. The van der Waals surface area contributed by atoms with Gasteiger partial charge in [-0.1, -0.05) is 0 Å². The molecule has 6 heteroatoms. The second-order valence-electron chi connectivity index (χ2n) is 6.21. The molecule has 0 aliphatic carbocycles. The highest BCUT2D eigenvalue weighted by molar-refractivity contribution is 5.71. The number of carbonyl (C=O) groups is 1. The van der Waals surface area contributed by atoms with E-state index < -0.39 is 23.3 Å². The SMILES string of the molecule is CC(C)(C)OC(=O)N1C2CC[C@@]1(C=C(F)F)CNC2. The number of piperazine rings is 1. The molecule has 2 heterocycles. The summed E-state index contributed by atoms with van der Waals surface area (Å²) in [6.07, 6.45) is -0.104. The Kier molecular flexibility index (Phi) is 3.55. The van der Waals surface area contributed by atoms with Crippen LogP contribution in [0.5, 0.6) is 0 Å². The van der Waals surface area contributed by atoms with Gasteiger partial charge in [-0.3, -0.25) is 4.90 Å². The number of nitrogens with zero attached hydrogens (tertiary/aromatic N) is 1. The number of nitrogens with one attached hydrogen (secondary N) is 1. The first-order valence-electron chi connectivity index (χ1n) is 6.50. The lowest BCUT2D eigenvalue weighted by atomic mass is 9.96. The lowest BCUT2D eigenvalue weighted by molar-refractivity contribution is -0.00123. The zero-order valence-corrected chi connectivity index (χ0v) is 11.5. The van der Waals surface area contributed by atoms with E-state index in [1.807, 2.05) is 0 Å².